The van der Waals surface area contributed by atoms with Crippen LogP contribution in [-0.2, 0) is 10.1 Å². The maximum Gasteiger partial charge on any atom is 0.297 e. The summed E-state index contributed by atoms with van der Waals surface area (Å²) in [6, 6.07) is 11.6. The molecule has 1 fully saturated rings. The van der Waals surface area contributed by atoms with Crippen LogP contribution < -0.4 is 0 Å². The summed E-state index contributed by atoms with van der Waals surface area (Å²) in [5.74, 6) is 0. The van der Waals surface area contributed by atoms with E-state index in [4.69, 9.17) is 11.6 Å². The van der Waals surface area contributed by atoms with Gasteiger partial charge in [-0.25, -0.2) is 18.0 Å². The molecule has 0 aliphatic carbocycles. The molecule has 140 valence electrons. The average Bonchev–Trinajstić information content (AvgIpc) is 3.22. The van der Waals surface area contributed by atoms with Crippen molar-refractivity contribution in [3.05, 3.63) is 66.7 Å². The average molecular weight is 404 g/mol. The second-order valence-corrected chi connectivity index (χ2v) is 7.78. The van der Waals surface area contributed by atoms with Gasteiger partial charge in [0.15, 0.2) is 5.69 Å². The van der Waals surface area contributed by atoms with Crippen LogP contribution in [0.5, 0.6) is 0 Å². The normalized spacial score (nSPS) is 13.9. The van der Waals surface area contributed by atoms with Crippen LogP contribution >= 0.6 is 11.6 Å². The topological polar surface area (TPSA) is 86.0 Å². The van der Waals surface area contributed by atoms with Crippen LogP contribution in [0.25, 0.3) is 10.8 Å². The summed E-state index contributed by atoms with van der Waals surface area (Å²) < 4.78 is 34.3. The Bertz CT molecular complexity index is 1060. The predicted octanol–water partition coefficient (Wildman–Crippen LogP) is 3.01. The van der Waals surface area contributed by atoms with E-state index in [0.29, 0.717) is 0 Å². The number of aromatic nitrogens is 2. The summed E-state index contributed by atoms with van der Waals surface area (Å²) >= 11 is 6.15. The Morgan fingerprint density at radius 3 is 2.37 bits per heavy atom. The molecule has 1 aliphatic rings. The third-order valence-corrected chi connectivity index (χ3v) is 5.43. The van der Waals surface area contributed by atoms with Crippen molar-refractivity contribution in [1.82, 2.24) is 9.97 Å². The van der Waals surface area contributed by atoms with Gasteiger partial charge in [-0.3, -0.25) is 4.98 Å². The van der Waals surface area contributed by atoms with Crippen LogP contribution in [0.1, 0.15) is 18.5 Å². The minimum Gasteiger partial charge on any atom is -0.744 e. The summed E-state index contributed by atoms with van der Waals surface area (Å²) in [5.41, 5.74) is 0.770. The molecular formula is C19H18ClN3O3S. The van der Waals surface area contributed by atoms with Crippen molar-refractivity contribution in [1.29, 1.82) is 0 Å². The van der Waals surface area contributed by atoms with Gasteiger partial charge >= 0.3 is 0 Å². The van der Waals surface area contributed by atoms with E-state index in [1.807, 2.05) is 12.1 Å². The molecule has 0 N–H and O–H groups in total. The molecule has 0 bridgehead atoms. The highest BCUT2D eigenvalue weighted by Gasteiger charge is 2.20. The molecule has 0 saturated carbocycles. The van der Waals surface area contributed by atoms with Gasteiger partial charge in [0.1, 0.15) is 23.2 Å². The van der Waals surface area contributed by atoms with Crippen molar-refractivity contribution in [3.63, 3.8) is 0 Å². The zero-order chi connectivity index (χ0) is 19.3. The zero-order valence-corrected chi connectivity index (χ0v) is 16.0. The van der Waals surface area contributed by atoms with E-state index in [9.17, 15) is 13.0 Å². The Hall–Kier alpha value is -2.35. The highest BCUT2D eigenvalue weighted by atomic mass is 35.5. The second kappa shape index (κ2) is 8.56. The standard InChI is InChI=1S/C10H8O3S.C9H11ClN3/c11-14(12,13)10-6-5-8-3-1-2-4-9(8)7-10;10-9(13-5-1-2-6-13)8-7-11-3-4-12-8/h1-7H,(H,11,12,13);3-4,7H,1-2,5-6H2/q;+1/p-1. The maximum absolute atomic E-state index is 10.7. The molecule has 6 nitrogen and oxygen atoms in total. The van der Waals surface area contributed by atoms with E-state index in [-0.39, 0.29) is 4.90 Å². The monoisotopic (exact) mass is 403 g/mol. The lowest BCUT2D eigenvalue weighted by molar-refractivity contribution is -0.503. The minimum absolute atomic E-state index is 0.184. The Morgan fingerprint density at radius 1 is 1.04 bits per heavy atom. The first kappa shape index (κ1) is 19.4. The van der Waals surface area contributed by atoms with Crippen molar-refractivity contribution < 1.29 is 17.5 Å². The first-order valence-corrected chi connectivity index (χ1v) is 10.2. The lowest BCUT2D eigenvalue weighted by atomic mass is 10.1. The van der Waals surface area contributed by atoms with E-state index < -0.39 is 10.1 Å². The molecule has 1 aliphatic heterocycles. The molecule has 8 heteroatoms. The number of hydrogen-bond acceptors (Lipinski definition) is 5. The number of halogens is 1. The van der Waals surface area contributed by atoms with Gasteiger partial charge in [-0.05, 0) is 34.5 Å². The predicted molar refractivity (Wildman–Crippen MR) is 103 cm³/mol. The zero-order valence-electron chi connectivity index (χ0n) is 14.5. The van der Waals surface area contributed by atoms with Crippen LogP contribution in [0.4, 0.5) is 0 Å². The van der Waals surface area contributed by atoms with E-state index in [1.165, 1.54) is 25.0 Å². The van der Waals surface area contributed by atoms with E-state index in [0.717, 1.165) is 34.7 Å². The van der Waals surface area contributed by atoms with Gasteiger partial charge in [-0.15, -0.1) is 0 Å². The molecular weight excluding hydrogens is 386 g/mol. The molecule has 0 amide bonds. The van der Waals surface area contributed by atoms with Gasteiger partial charge in [0.05, 0.1) is 11.1 Å². The number of hydrogen-bond donors (Lipinski definition) is 0. The van der Waals surface area contributed by atoms with Crippen molar-refractivity contribution in [2.45, 2.75) is 17.7 Å². The van der Waals surface area contributed by atoms with Crippen LogP contribution in [-0.4, -0.2) is 45.8 Å². The SMILES string of the molecule is ClC(c1cnccn1)=[N+]1CCCC1.O=S(=O)([O-])c1ccc2ccccc2c1. The Balaban J connectivity index is 0.000000156. The molecule has 3 aromatic rings. The molecule has 0 spiro atoms. The van der Waals surface area contributed by atoms with Crippen molar-refractivity contribution in [2.24, 2.45) is 0 Å². The van der Waals surface area contributed by atoms with Crippen LogP contribution in [0.15, 0.2) is 66.0 Å². The molecule has 2 heterocycles. The summed E-state index contributed by atoms with van der Waals surface area (Å²) in [6.07, 6.45) is 7.44. The van der Waals surface area contributed by atoms with Gasteiger partial charge in [-0.1, -0.05) is 30.3 Å². The van der Waals surface area contributed by atoms with E-state index in [1.54, 1.807) is 36.8 Å². The van der Waals surface area contributed by atoms with Crippen molar-refractivity contribution >= 4 is 37.7 Å². The Labute approximate surface area is 162 Å². The van der Waals surface area contributed by atoms with Crippen LogP contribution in [0.3, 0.4) is 0 Å². The minimum atomic E-state index is -4.34. The number of fused-ring (bicyclic) bond motifs is 1. The third kappa shape index (κ3) is 5.09. The summed E-state index contributed by atoms with van der Waals surface area (Å²) in [5, 5.41) is 2.40. The van der Waals surface area contributed by atoms with Gasteiger partial charge in [0.25, 0.3) is 5.17 Å². The summed E-state index contributed by atoms with van der Waals surface area (Å²) in [7, 11) is -4.34. The van der Waals surface area contributed by atoms with Crippen molar-refractivity contribution in [2.75, 3.05) is 13.1 Å². The highest BCUT2D eigenvalue weighted by molar-refractivity contribution is 7.85. The molecule has 0 unspecified atom stereocenters. The summed E-state index contributed by atoms with van der Waals surface area (Å²) in [6.45, 7) is 2.07. The molecule has 2 aromatic carbocycles. The van der Waals surface area contributed by atoms with Gasteiger partial charge in [0, 0.05) is 25.2 Å². The Morgan fingerprint density at radius 2 is 1.74 bits per heavy atom. The van der Waals surface area contributed by atoms with Gasteiger partial charge in [0.2, 0.25) is 0 Å². The summed E-state index contributed by atoms with van der Waals surface area (Å²) in [4.78, 5) is 7.95. The number of rotatable bonds is 2. The fourth-order valence-corrected chi connectivity index (χ4v) is 3.58. The lowest BCUT2D eigenvalue weighted by Crippen LogP contribution is -2.15. The first-order chi connectivity index (χ1) is 12.9. The molecule has 0 radical (unpaired) electrons. The lowest BCUT2D eigenvalue weighted by Gasteiger charge is -2.07. The van der Waals surface area contributed by atoms with E-state index in [2.05, 4.69) is 14.5 Å². The maximum atomic E-state index is 10.7. The van der Waals surface area contributed by atoms with Gasteiger partial charge in [-0.2, -0.15) is 0 Å². The quantitative estimate of drug-likeness (QED) is 0.485. The molecule has 1 aromatic heterocycles. The van der Waals surface area contributed by atoms with Crippen LogP contribution in [0, 0.1) is 0 Å². The Kier molecular flexibility index (Phi) is 6.15. The molecule has 27 heavy (non-hydrogen) atoms. The molecule has 0 atom stereocenters. The number of benzene rings is 2. The van der Waals surface area contributed by atoms with Crippen LogP contribution in [0.2, 0.25) is 0 Å². The second-order valence-electron chi connectivity index (χ2n) is 6.04. The number of nitrogens with zero attached hydrogens (tertiary/aromatic N) is 3. The molecule has 1 saturated heterocycles. The fraction of sp³-hybridized carbons (Fsp3) is 0.211. The van der Waals surface area contributed by atoms with Crippen molar-refractivity contribution in [3.8, 4) is 0 Å². The highest BCUT2D eigenvalue weighted by Crippen LogP contribution is 2.18. The smallest absolute Gasteiger partial charge is 0.297 e. The fourth-order valence-electron chi connectivity index (χ4n) is 2.80. The first-order valence-electron chi connectivity index (χ1n) is 8.43. The third-order valence-electron chi connectivity index (χ3n) is 4.17. The van der Waals surface area contributed by atoms with E-state index >= 15 is 0 Å². The molecule has 4 rings (SSSR count). The largest absolute Gasteiger partial charge is 0.744 e. The van der Waals surface area contributed by atoms with Gasteiger partial charge < -0.3 is 4.55 Å².